The summed E-state index contributed by atoms with van der Waals surface area (Å²) in [5.41, 5.74) is 1.24. The molecule has 21 heavy (non-hydrogen) atoms. The first-order chi connectivity index (χ1) is 10.4. The molecule has 3 rings (SSSR count). The van der Waals surface area contributed by atoms with Crippen LogP contribution < -0.4 is 15.1 Å². The van der Waals surface area contributed by atoms with Crippen LogP contribution in [-0.4, -0.2) is 48.2 Å². The summed E-state index contributed by atoms with van der Waals surface area (Å²) >= 11 is 0. The van der Waals surface area contributed by atoms with Gasteiger partial charge in [0, 0.05) is 56.9 Å². The Balaban J connectivity index is 1.69. The number of rotatable bonds is 4. The van der Waals surface area contributed by atoms with Crippen LogP contribution in [0.25, 0.3) is 0 Å². The quantitative estimate of drug-likeness (QED) is 0.901. The van der Waals surface area contributed by atoms with Gasteiger partial charge in [-0.2, -0.15) is 0 Å². The first kappa shape index (κ1) is 13.8. The second-order valence-corrected chi connectivity index (χ2v) is 5.04. The zero-order valence-electron chi connectivity index (χ0n) is 12.2. The fraction of sp³-hybridized carbons (Fsp3) is 0.400. The van der Waals surface area contributed by atoms with Crippen molar-refractivity contribution >= 4 is 11.8 Å². The number of nitrogens with zero attached hydrogens (tertiary/aromatic N) is 5. The molecule has 6 heteroatoms. The van der Waals surface area contributed by atoms with Gasteiger partial charge in [0.05, 0.1) is 0 Å². The Kier molecular flexibility index (Phi) is 4.25. The summed E-state index contributed by atoms with van der Waals surface area (Å²) in [6, 6.07) is 5.97. The van der Waals surface area contributed by atoms with E-state index in [4.69, 9.17) is 0 Å². The molecule has 1 aliphatic heterocycles. The van der Waals surface area contributed by atoms with Crippen LogP contribution in [-0.2, 0) is 6.54 Å². The van der Waals surface area contributed by atoms with Crippen LogP contribution in [0.1, 0.15) is 5.56 Å². The average Bonchev–Trinajstić information content (AvgIpc) is 2.57. The van der Waals surface area contributed by atoms with Crippen LogP contribution >= 0.6 is 0 Å². The highest BCUT2D eigenvalue weighted by atomic mass is 15.3. The third kappa shape index (κ3) is 3.11. The van der Waals surface area contributed by atoms with Crippen molar-refractivity contribution in [2.45, 2.75) is 6.54 Å². The fourth-order valence-electron chi connectivity index (χ4n) is 2.62. The molecule has 1 saturated heterocycles. The van der Waals surface area contributed by atoms with E-state index in [9.17, 15) is 0 Å². The summed E-state index contributed by atoms with van der Waals surface area (Å²) < 4.78 is 0. The van der Waals surface area contributed by atoms with Crippen LogP contribution in [0.15, 0.2) is 36.8 Å². The fourth-order valence-corrected chi connectivity index (χ4v) is 2.62. The van der Waals surface area contributed by atoms with E-state index in [-0.39, 0.29) is 0 Å². The molecule has 3 heterocycles. The molecule has 2 aromatic heterocycles. The molecule has 0 bridgehead atoms. The normalized spacial score (nSPS) is 15.3. The van der Waals surface area contributed by atoms with Gasteiger partial charge in [-0.05, 0) is 19.2 Å². The monoisotopic (exact) mass is 284 g/mol. The number of nitrogens with one attached hydrogen (secondary N) is 1. The molecule has 2 aromatic rings. The topological polar surface area (TPSA) is 57.2 Å². The second kappa shape index (κ2) is 6.49. The van der Waals surface area contributed by atoms with Gasteiger partial charge in [0.25, 0.3) is 0 Å². The van der Waals surface area contributed by atoms with Crippen LogP contribution in [0.5, 0.6) is 0 Å². The molecule has 0 unspecified atom stereocenters. The van der Waals surface area contributed by atoms with Gasteiger partial charge >= 0.3 is 0 Å². The highest BCUT2D eigenvalue weighted by Crippen LogP contribution is 2.20. The predicted molar refractivity (Wildman–Crippen MR) is 83.5 cm³/mol. The molecule has 1 fully saturated rings. The SMILES string of the molecule is CNCc1cccnc1N1CCN(c2ncccn2)CC1. The molecule has 0 spiro atoms. The summed E-state index contributed by atoms with van der Waals surface area (Å²) in [5, 5.41) is 3.20. The van der Waals surface area contributed by atoms with E-state index >= 15 is 0 Å². The predicted octanol–water partition coefficient (Wildman–Crippen LogP) is 0.918. The molecule has 1 aliphatic rings. The lowest BCUT2D eigenvalue weighted by Crippen LogP contribution is -2.47. The maximum absolute atomic E-state index is 4.55. The maximum Gasteiger partial charge on any atom is 0.225 e. The smallest absolute Gasteiger partial charge is 0.225 e. The van der Waals surface area contributed by atoms with Gasteiger partial charge in [0.1, 0.15) is 5.82 Å². The maximum atomic E-state index is 4.55. The summed E-state index contributed by atoms with van der Waals surface area (Å²) in [5.74, 6) is 1.90. The van der Waals surface area contributed by atoms with E-state index in [2.05, 4.69) is 36.1 Å². The largest absolute Gasteiger partial charge is 0.353 e. The molecule has 0 atom stereocenters. The summed E-state index contributed by atoms with van der Waals surface area (Å²) in [6.45, 7) is 4.54. The molecule has 6 nitrogen and oxygen atoms in total. The minimum Gasteiger partial charge on any atom is -0.353 e. The van der Waals surface area contributed by atoms with Crippen LogP contribution in [0.3, 0.4) is 0 Å². The average molecular weight is 284 g/mol. The number of anilines is 2. The van der Waals surface area contributed by atoms with E-state index in [1.165, 1.54) is 5.56 Å². The summed E-state index contributed by atoms with van der Waals surface area (Å²) in [7, 11) is 1.96. The number of aromatic nitrogens is 3. The first-order valence-electron chi connectivity index (χ1n) is 7.24. The van der Waals surface area contributed by atoms with E-state index in [1.807, 2.05) is 25.4 Å². The molecule has 0 saturated carbocycles. The second-order valence-electron chi connectivity index (χ2n) is 5.04. The number of hydrogen-bond donors (Lipinski definition) is 1. The number of piperazine rings is 1. The molecule has 0 amide bonds. The van der Waals surface area contributed by atoms with E-state index in [0.29, 0.717) is 0 Å². The third-order valence-electron chi connectivity index (χ3n) is 3.65. The van der Waals surface area contributed by atoms with Gasteiger partial charge < -0.3 is 15.1 Å². The molecule has 0 radical (unpaired) electrons. The Morgan fingerprint density at radius 1 is 0.952 bits per heavy atom. The zero-order chi connectivity index (χ0) is 14.5. The van der Waals surface area contributed by atoms with Gasteiger partial charge in [0.2, 0.25) is 5.95 Å². The molecular formula is C15H20N6. The minimum absolute atomic E-state index is 0.814. The van der Waals surface area contributed by atoms with Gasteiger partial charge in [-0.1, -0.05) is 6.07 Å². The summed E-state index contributed by atoms with van der Waals surface area (Å²) in [6.07, 6.45) is 5.44. The van der Waals surface area contributed by atoms with E-state index < -0.39 is 0 Å². The lowest BCUT2D eigenvalue weighted by molar-refractivity contribution is 0.630. The van der Waals surface area contributed by atoms with Crippen LogP contribution in [0.4, 0.5) is 11.8 Å². The Labute approximate surface area is 124 Å². The zero-order valence-corrected chi connectivity index (χ0v) is 12.2. The van der Waals surface area contributed by atoms with Crippen LogP contribution in [0, 0.1) is 0 Å². The van der Waals surface area contributed by atoms with Gasteiger partial charge in [0.15, 0.2) is 0 Å². The molecule has 110 valence electrons. The standard InChI is InChI=1S/C15H20N6/c1-16-12-13-4-2-5-17-14(13)20-8-10-21(11-9-20)15-18-6-3-7-19-15/h2-7,16H,8-12H2,1H3. The molecular weight excluding hydrogens is 264 g/mol. The van der Waals surface area contributed by atoms with Crippen molar-refractivity contribution in [3.05, 3.63) is 42.4 Å². The highest BCUT2D eigenvalue weighted by molar-refractivity contribution is 5.48. The Morgan fingerprint density at radius 3 is 2.33 bits per heavy atom. The Morgan fingerprint density at radius 2 is 1.62 bits per heavy atom. The van der Waals surface area contributed by atoms with Gasteiger partial charge in [-0.25, -0.2) is 15.0 Å². The van der Waals surface area contributed by atoms with Crippen molar-refractivity contribution in [1.29, 1.82) is 0 Å². The van der Waals surface area contributed by atoms with E-state index in [1.54, 1.807) is 12.4 Å². The van der Waals surface area contributed by atoms with Gasteiger partial charge in [-0.15, -0.1) is 0 Å². The molecule has 1 N–H and O–H groups in total. The van der Waals surface area contributed by atoms with Crippen molar-refractivity contribution in [3.63, 3.8) is 0 Å². The number of pyridine rings is 1. The lowest BCUT2D eigenvalue weighted by atomic mass is 10.2. The molecule has 0 aliphatic carbocycles. The van der Waals surface area contributed by atoms with Crippen molar-refractivity contribution in [2.24, 2.45) is 0 Å². The molecule has 0 aromatic carbocycles. The van der Waals surface area contributed by atoms with Crippen molar-refractivity contribution in [3.8, 4) is 0 Å². The highest BCUT2D eigenvalue weighted by Gasteiger charge is 2.21. The van der Waals surface area contributed by atoms with Crippen molar-refractivity contribution < 1.29 is 0 Å². The van der Waals surface area contributed by atoms with Crippen molar-refractivity contribution in [1.82, 2.24) is 20.3 Å². The summed E-state index contributed by atoms with van der Waals surface area (Å²) in [4.78, 5) is 17.7. The number of hydrogen-bond acceptors (Lipinski definition) is 6. The third-order valence-corrected chi connectivity index (χ3v) is 3.65. The van der Waals surface area contributed by atoms with Crippen molar-refractivity contribution in [2.75, 3.05) is 43.0 Å². The Bertz CT molecular complexity index is 565. The van der Waals surface area contributed by atoms with Gasteiger partial charge in [-0.3, -0.25) is 0 Å². The first-order valence-corrected chi connectivity index (χ1v) is 7.24. The minimum atomic E-state index is 0.814. The van der Waals surface area contributed by atoms with Crippen LogP contribution in [0.2, 0.25) is 0 Å². The lowest BCUT2D eigenvalue weighted by Gasteiger charge is -2.36. The Hall–Kier alpha value is -2.21. The van der Waals surface area contributed by atoms with E-state index in [0.717, 1.165) is 44.5 Å².